The van der Waals surface area contributed by atoms with E-state index in [9.17, 15) is 0 Å². The lowest BCUT2D eigenvalue weighted by molar-refractivity contribution is 0.669. The lowest BCUT2D eigenvalue weighted by atomic mass is 9.96. The summed E-state index contributed by atoms with van der Waals surface area (Å²) >= 11 is 0. The number of anilines is 3. The molecule has 13 aromatic rings. The van der Waals surface area contributed by atoms with E-state index in [0.717, 1.165) is 72.5 Å². The number of benzene rings is 11. The normalized spacial score (nSPS) is 11.5. The molecule has 69 heavy (non-hydrogen) atoms. The molecule has 0 fully saturated rings. The minimum Gasteiger partial charge on any atom is -0.456 e. The maximum absolute atomic E-state index is 6.29. The van der Waals surface area contributed by atoms with Crippen molar-refractivity contribution in [3.63, 3.8) is 0 Å². The van der Waals surface area contributed by atoms with Crippen LogP contribution in [0, 0.1) is 0 Å². The maximum Gasteiger partial charge on any atom is 0.136 e. The predicted molar refractivity (Wildman–Crippen MR) is 290 cm³/mol. The molecule has 0 unspecified atom stereocenters. The lowest BCUT2D eigenvalue weighted by Crippen LogP contribution is -2.11. The minimum atomic E-state index is 0.894. The van der Waals surface area contributed by atoms with E-state index < -0.39 is 0 Å². The van der Waals surface area contributed by atoms with Gasteiger partial charge >= 0.3 is 0 Å². The van der Waals surface area contributed by atoms with E-state index in [1.54, 1.807) is 0 Å². The van der Waals surface area contributed by atoms with Gasteiger partial charge in [0, 0.05) is 44.2 Å². The fourth-order valence-corrected chi connectivity index (χ4v) is 10.2. The number of para-hydroxylation sites is 4. The Kier molecular flexibility index (Phi) is 9.84. The molecule has 2 aromatic heterocycles. The fraction of sp³-hybridized carbons (Fsp3) is 0. The average molecular weight is 881 g/mol. The zero-order valence-corrected chi connectivity index (χ0v) is 37.7. The second-order valence-electron chi connectivity index (χ2n) is 17.7. The van der Waals surface area contributed by atoms with Crippen molar-refractivity contribution < 1.29 is 4.42 Å². The van der Waals surface area contributed by atoms with Crippen molar-refractivity contribution in [1.82, 2.24) is 4.57 Å². The molecule has 0 amide bonds. The molecule has 0 radical (unpaired) electrons. The van der Waals surface area contributed by atoms with Crippen LogP contribution in [0.1, 0.15) is 0 Å². The maximum atomic E-state index is 6.29. The van der Waals surface area contributed by atoms with Crippen LogP contribution in [-0.2, 0) is 0 Å². The molecule has 3 nitrogen and oxygen atoms in total. The summed E-state index contributed by atoms with van der Waals surface area (Å²) < 4.78 is 8.65. The molecule has 0 aliphatic carbocycles. The molecule has 0 atom stereocenters. The van der Waals surface area contributed by atoms with Crippen molar-refractivity contribution in [3.8, 4) is 61.3 Å². The monoisotopic (exact) mass is 880 g/mol. The molecule has 0 bridgehead atoms. The lowest BCUT2D eigenvalue weighted by Gasteiger charge is -2.28. The van der Waals surface area contributed by atoms with Crippen molar-refractivity contribution in [3.05, 3.63) is 267 Å². The van der Waals surface area contributed by atoms with Gasteiger partial charge in [-0.25, -0.2) is 0 Å². The molecule has 0 aliphatic heterocycles. The van der Waals surface area contributed by atoms with E-state index >= 15 is 0 Å². The average Bonchev–Trinajstić information content (AvgIpc) is 3.97. The predicted octanol–water partition coefficient (Wildman–Crippen LogP) is 18.5. The van der Waals surface area contributed by atoms with Gasteiger partial charge in [-0.05, 0) is 135 Å². The molecule has 11 aromatic carbocycles. The Bertz CT molecular complexity index is 3940. The third-order valence-corrected chi connectivity index (χ3v) is 13.6. The summed E-state index contributed by atoms with van der Waals surface area (Å²) in [4.78, 5) is 2.38. The first-order chi connectivity index (χ1) is 34.2. The zero-order valence-electron chi connectivity index (χ0n) is 37.7. The number of hydrogen-bond acceptors (Lipinski definition) is 2. The second kappa shape index (κ2) is 16.9. The summed E-state index contributed by atoms with van der Waals surface area (Å²) in [5.41, 5.74) is 20.2. The van der Waals surface area contributed by atoms with Crippen LogP contribution in [0.3, 0.4) is 0 Å². The van der Waals surface area contributed by atoms with E-state index in [1.807, 2.05) is 12.1 Å². The van der Waals surface area contributed by atoms with Crippen LogP contribution in [0.15, 0.2) is 271 Å². The first kappa shape index (κ1) is 40.1. The summed E-state index contributed by atoms with van der Waals surface area (Å²) in [7, 11) is 0. The van der Waals surface area contributed by atoms with Gasteiger partial charge in [-0.3, -0.25) is 0 Å². The number of fused-ring (bicyclic) bond motifs is 6. The molecule has 0 saturated carbocycles. The van der Waals surface area contributed by atoms with Crippen molar-refractivity contribution in [2.24, 2.45) is 0 Å². The van der Waals surface area contributed by atoms with Crippen molar-refractivity contribution >= 4 is 60.8 Å². The second-order valence-corrected chi connectivity index (χ2v) is 17.7. The SMILES string of the molecule is c1ccc(-c2cccc(-c3ccccc3N(c3ccc(-c4cccc(-c5ccc(-n6c7ccccc7c7ccccc76)cc5)c4)cc3)c3ccc(-c4ccc5c(c4)oc4ccccc45)cc3)c2)cc1. The highest BCUT2D eigenvalue weighted by atomic mass is 16.3. The van der Waals surface area contributed by atoms with Gasteiger partial charge in [-0.1, -0.05) is 182 Å². The van der Waals surface area contributed by atoms with Gasteiger partial charge < -0.3 is 13.9 Å². The van der Waals surface area contributed by atoms with Gasteiger partial charge in [0.15, 0.2) is 0 Å². The Balaban J connectivity index is 0.855. The van der Waals surface area contributed by atoms with Crippen molar-refractivity contribution in [2.45, 2.75) is 0 Å². The highest BCUT2D eigenvalue weighted by molar-refractivity contribution is 6.09. The Labute approximate surface area is 401 Å². The quantitative estimate of drug-likeness (QED) is 0.144. The van der Waals surface area contributed by atoms with Crippen molar-refractivity contribution in [2.75, 3.05) is 4.90 Å². The molecule has 0 N–H and O–H groups in total. The van der Waals surface area contributed by atoms with E-state index in [-0.39, 0.29) is 0 Å². The summed E-state index contributed by atoms with van der Waals surface area (Å²) in [6.45, 7) is 0. The van der Waals surface area contributed by atoms with E-state index in [2.05, 4.69) is 264 Å². The van der Waals surface area contributed by atoms with Crippen molar-refractivity contribution in [1.29, 1.82) is 0 Å². The van der Waals surface area contributed by atoms with Gasteiger partial charge in [-0.15, -0.1) is 0 Å². The molecular formula is C66H44N2O. The Hall–Kier alpha value is -9.18. The number of rotatable bonds is 9. The van der Waals surface area contributed by atoms with Gasteiger partial charge in [0.2, 0.25) is 0 Å². The smallest absolute Gasteiger partial charge is 0.136 e. The third-order valence-electron chi connectivity index (χ3n) is 13.6. The summed E-state index contributed by atoms with van der Waals surface area (Å²) in [5.74, 6) is 0. The molecule has 0 aliphatic rings. The van der Waals surface area contributed by atoms with Crippen LogP contribution in [0.4, 0.5) is 17.1 Å². The van der Waals surface area contributed by atoms with Gasteiger partial charge in [0.05, 0.1) is 16.7 Å². The third kappa shape index (κ3) is 7.25. The van der Waals surface area contributed by atoms with Crippen LogP contribution < -0.4 is 4.90 Å². The molecular weight excluding hydrogens is 837 g/mol. The zero-order chi connectivity index (χ0) is 45.7. The number of hydrogen-bond donors (Lipinski definition) is 0. The molecule has 3 heteroatoms. The molecule has 2 heterocycles. The summed E-state index contributed by atoms with van der Waals surface area (Å²) in [5, 5.41) is 4.80. The fourth-order valence-electron chi connectivity index (χ4n) is 10.2. The summed E-state index contributed by atoms with van der Waals surface area (Å²) in [6.07, 6.45) is 0. The topological polar surface area (TPSA) is 21.3 Å². The Morgan fingerprint density at radius 3 is 1.35 bits per heavy atom. The molecule has 0 saturated heterocycles. The Morgan fingerprint density at radius 2 is 0.710 bits per heavy atom. The minimum absolute atomic E-state index is 0.894. The van der Waals surface area contributed by atoms with Crippen LogP contribution in [0.2, 0.25) is 0 Å². The molecule has 0 spiro atoms. The summed E-state index contributed by atoms with van der Waals surface area (Å²) in [6, 6.07) is 96.1. The highest BCUT2D eigenvalue weighted by Gasteiger charge is 2.19. The number of furan rings is 1. The van der Waals surface area contributed by atoms with Crippen LogP contribution in [0.25, 0.3) is 105 Å². The molecule has 13 rings (SSSR count). The van der Waals surface area contributed by atoms with E-state index in [4.69, 9.17) is 4.42 Å². The van der Waals surface area contributed by atoms with Crippen LogP contribution in [-0.4, -0.2) is 4.57 Å². The van der Waals surface area contributed by atoms with Gasteiger partial charge in [0.25, 0.3) is 0 Å². The van der Waals surface area contributed by atoms with E-state index in [1.165, 1.54) is 49.6 Å². The molecule has 324 valence electrons. The largest absolute Gasteiger partial charge is 0.456 e. The van der Waals surface area contributed by atoms with E-state index in [0.29, 0.717) is 0 Å². The van der Waals surface area contributed by atoms with Crippen LogP contribution >= 0.6 is 0 Å². The standard InChI is InChI=1S/C66H44N2O/c1-2-14-45(15-3-1)51-18-13-19-53(43-51)57-20-4-8-24-62(57)67(55-37-30-48(31-38-55)52-34-41-61-60-23-7-11-27-65(60)69-66(61)44-52)54-35-28-46(29-36-54)49-16-12-17-50(42-49)47-32-39-56(40-33-47)68-63-25-9-5-21-58(63)59-22-6-10-26-64(59)68/h1-44H. The first-order valence-electron chi connectivity index (χ1n) is 23.6. The first-order valence-corrected chi connectivity index (χ1v) is 23.6. The van der Waals surface area contributed by atoms with Crippen LogP contribution in [0.5, 0.6) is 0 Å². The Morgan fingerprint density at radius 1 is 0.275 bits per heavy atom. The highest BCUT2D eigenvalue weighted by Crippen LogP contribution is 2.43. The van der Waals surface area contributed by atoms with Gasteiger partial charge in [0.1, 0.15) is 11.2 Å². The van der Waals surface area contributed by atoms with Gasteiger partial charge in [-0.2, -0.15) is 0 Å². The number of aromatic nitrogens is 1. The number of nitrogens with zero attached hydrogens (tertiary/aromatic N) is 2.